The Morgan fingerprint density at radius 1 is 1.31 bits per heavy atom. The van der Waals surface area contributed by atoms with Crippen LogP contribution in [0, 0.1) is 11.3 Å². The van der Waals surface area contributed by atoms with Crippen molar-refractivity contribution in [2.24, 2.45) is 0 Å². The Balaban J connectivity index is 1.51. The highest BCUT2D eigenvalue weighted by Gasteiger charge is 2.31. The number of pyridine rings is 1. The molecule has 1 N–H and O–H groups in total. The molecule has 8 heteroatoms. The highest BCUT2D eigenvalue weighted by atomic mass is 16.6. The van der Waals surface area contributed by atoms with Gasteiger partial charge >= 0.3 is 6.09 Å². The number of nitrogens with zero attached hydrogens (tertiary/aromatic N) is 4. The summed E-state index contributed by atoms with van der Waals surface area (Å²) >= 11 is 0. The van der Waals surface area contributed by atoms with Gasteiger partial charge in [0.1, 0.15) is 17.5 Å². The van der Waals surface area contributed by atoms with Crippen molar-refractivity contribution in [3.05, 3.63) is 47.0 Å². The van der Waals surface area contributed by atoms with Crippen molar-refractivity contribution in [2.45, 2.75) is 71.0 Å². The maximum atomic E-state index is 13.2. The first kappa shape index (κ1) is 21.9. The Hall–Kier alpha value is -3.34. The number of aromatic nitrogens is 2. The third-order valence-electron chi connectivity index (χ3n) is 6.45. The Morgan fingerprint density at radius 2 is 2.16 bits per heavy atom. The number of amides is 2. The molecule has 2 amide bonds. The first-order valence-corrected chi connectivity index (χ1v) is 11.4. The monoisotopic (exact) mass is 435 g/mol. The number of rotatable bonds is 5. The quantitative estimate of drug-likeness (QED) is 0.766. The fourth-order valence-electron chi connectivity index (χ4n) is 4.66. The van der Waals surface area contributed by atoms with Gasteiger partial charge in [0.15, 0.2) is 5.75 Å². The summed E-state index contributed by atoms with van der Waals surface area (Å²) in [5, 5.41) is 11.8. The van der Waals surface area contributed by atoms with Gasteiger partial charge in [-0.05, 0) is 57.1 Å². The van der Waals surface area contributed by atoms with Crippen molar-refractivity contribution in [3.63, 3.8) is 0 Å². The lowest BCUT2D eigenvalue weighted by molar-refractivity contribution is 0.0735. The number of fused-ring (bicyclic) bond motifs is 1. The number of likely N-dealkylation sites (tertiary alicyclic amines) is 1. The van der Waals surface area contributed by atoms with Gasteiger partial charge in [-0.15, -0.1) is 0 Å². The van der Waals surface area contributed by atoms with E-state index in [1.165, 1.54) is 0 Å². The van der Waals surface area contributed by atoms with Crippen molar-refractivity contribution in [2.75, 3.05) is 6.54 Å². The topological polar surface area (TPSA) is 100 Å². The van der Waals surface area contributed by atoms with Crippen molar-refractivity contribution in [1.29, 1.82) is 5.26 Å². The zero-order valence-corrected chi connectivity index (χ0v) is 18.6. The minimum atomic E-state index is -0.561. The van der Waals surface area contributed by atoms with Gasteiger partial charge in [-0.25, -0.2) is 9.78 Å². The predicted molar refractivity (Wildman–Crippen MR) is 118 cm³/mol. The van der Waals surface area contributed by atoms with E-state index in [2.05, 4.69) is 17.2 Å². The van der Waals surface area contributed by atoms with E-state index in [9.17, 15) is 9.59 Å². The van der Waals surface area contributed by atoms with Crippen LogP contribution in [0.5, 0.6) is 5.75 Å². The predicted octanol–water partition coefficient (Wildman–Crippen LogP) is 3.96. The minimum absolute atomic E-state index is 0.0171. The van der Waals surface area contributed by atoms with Crippen molar-refractivity contribution >= 4 is 12.0 Å². The number of hydrogen-bond donors (Lipinski definition) is 1. The summed E-state index contributed by atoms with van der Waals surface area (Å²) in [4.78, 5) is 32.0. The summed E-state index contributed by atoms with van der Waals surface area (Å²) in [6.45, 7) is 5.57. The molecule has 168 valence electrons. The van der Waals surface area contributed by atoms with Gasteiger partial charge in [-0.2, -0.15) is 5.26 Å². The summed E-state index contributed by atoms with van der Waals surface area (Å²) in [5.41, 5.74) is 2.66. The van der Waals surface area contributed by atoms with Crippen molar-refractivity contribution < 1.29 is 14.3 Å². The van der Waals surface area contributed by atoms with Gasteiger partial charge in [-0.1, -0.05) is 13.0 Å². The van der Waals surface area contributed by atoms with Gasteiger partial charge in [0, 0.05) is 31.4 Å². The largest absolute Gasteiger partial charge is 0.413 e. The molecule has 4 rings (SSSR count). The Bertz CT molecular complexity index is 1040. The van der Waals surface area contributed by atoms with E-state index in [0.29, 0.717) is 23.6 Å². The zero-order valence-electron chi connectivity index (χ0n) is 18.6. The Labute approximate surface area is 188 Å². The average Bonchev–Trinajstić information content (AvgIpc) is 3.41. The van der Waals surface area contributed by atoms with E-state index >= 15 is 0 Å². The van der Waals surface area contributed by atoms with Crippen LogP contribution in [0.1, 0.15) is 79.4 Å². The summed E-state index contributed by atoms with van der Waals surface area (Å²) < 4.78 is 7.75. The molecule has 2 aliphatic rings. The van der Waals surface area contributed by atoms with Crippen LogP contribution in [0.25, 0.3) is 0 Å². The highest BCUT2D eigenvalue weighted by Crippen LogP contribution is 2.32. The maximum absolute atomic E-state index is 13.2. The van der Waals surface area contributed by atoms with Gasteiger partial charge in [0.05, 0.1) is 11.7 Å². The second-order valence-electron chi connectivity index (χ2n) is 8.52. The van der Waals surface area contributed by atoms with Crippen molar-refractivity contribution in [3.8, 4) is 11.8 Å². The second-order valence-corrected chi connectivity index (χ2v) is 8.52. The van der Waals surface area contributed by atoms with Crippen LogP contribution in [0.3, 0.4) is 0 Å². The average molecular weight is 436 g/mol. The van der Waals surface area contributed by atoms with E-state index in [4.69, 9.17) is 10.00 Å². The number of carbonyl (C=O) groups excluding carboxylic acids is 2. The number of ether oxygens (including phenoxy) is 1. The van der Waals surface area contributed by atoms with E-state index in [1.807, 2.05) is 22.5 Å². The van der Waals surface area contributed by atoms with Crippen LogP contribution >= 0.6 is 0 Å². The van der Waals surface area contributed by atoms with Crippen LogP contribution in [-0.4, -0.2) is 39.0 Å². The molecule has 2 aromatic heterocycles. The lowest BCUT2D eigenvalue weighted by Crippen LogP contribution is -2.35. The van der Waals surface area contributed by atoms with E-state index in [-0.39, 0.29) is 18.0 Å². The summed E-state index contributed by atoms with van der Waals surface area (Å²) in [7, 11) is 0. The van der Waals surface area contributed by atoms with E-state index < -0.39 is 6.09 Å². The summed E-state index contributed by atoms with van der Waals surface area (Å²) in [5.74, 6) is 0.480. The molecule has 0 aromatic carbocycles. The molecule has 2 atom stereocenters. The lowest BCUT2D eigenvalue weighted by Gasteiger charge is -2.24. The Morgan fingerprint density at radius 3 is 2.81 bits per heavy atom. The molecular formula is C24H29N5O3. The molecule has 0 radical (unpaired) electrons. The van der Waals surface area contributed by atoms with Crippen LogP contribution in [0.4, 0.5) is 4.79 Å². The second kappa shape index (κ2) is 9.43. The van der Waals surface area contributed by atoms with Gasteiger partial charge < -0.3 is 19.5 Å². The molecule has 2 aliphatic heterocycles. The van der Waals surface area contributed by atoms with Crippen LogP contribution in [0.2, 0.25) is 0 Å². The van der Waals surface area contributed by atoms with E-state index in [1.54, 1.807) is 24.4 Å². The smallest absolute Gasteiger partial charge is 0.408 e. The van der Waals surface area contributed by atoms with Gasteiger partial charge in [0.25, 0.3) is 5.91 Å². The zero-order chi connectivity index (χ0) is 22.7. The van der Waals surface area contributed by atoms with Crippen LogP contribution in [-0.2, 0) is 13.0 Å². The first-order chi connectivity index (χ1) is 15.5. The molecule has 0 unspecified atom stereocenters. The molecule has 0 saturated carbocycles. The van der Waals surface area contributed by atoms with Crippen molar-refractivity contribution in [1.82, 2.24) is 19.8 Å². The number of nitriles is 1. The lowest BCUT2D eigenvalue weighted by atomic mass is 10.1. The molecular weight excluding hydrogens is 406 g/mol. The summed E-state index contributed by atoms with van der Waals surface area (Å²) in [6, 6.07) is 7.09. The van der Waals surface area contributed by atoms with Gasteiger partial charge in [-0.3, -0.25) is 4.79 Å². The molecule has 1 saturated heterocycles. The molecule has 2 aromatic rings. The standard InChI is InChI=1S/C24H29N5O3/c1-3-19(17-9-10-18(14-25)26-15-17)27-24(31)32-22-13-21(29-11-5-4-8-20(22)29)23(30)28-12-6-7-16(28)2/h9-10,13,15-16,19H,3-8,11-12H2,1-2H3,(H,27,31)/t16-,19+/m0/s1. The molecule has 8 nitrogen and oxygen atoms in total. The third kappa shape index (κ3) is 4.33. The molecule has 0 spiro atoms. The number of hydrogen-bond acceptors (Lipinski definition) is 5. The SMILES string of the molecule is CC[C@@H](NC(=O)Oc1cc(C(=O)N2CCC[C@@H]2C)n2c1CCCC2)c1ccc(C#N)nc1. The maximum Gasteiger partial charge on any atom is 0.413 e. The van der Waals surface area contributed by atoms with Crippen LogP contribution < -0.4 is 10.1 Å². The number of nitrogens with one attached hydrogen (secondary N) is 1. The summed E-state index contributed by atoms with van der Waals surface area (Å²) in [6.07, 6.45) is 6.52. The molecule has 0 bridgehead atoms. The highest BCUT2D eigenvalue weighted by molar-refractivity contribution is 5.94. The van der Waals surface area contributed by atoms with Gasteiger partial charge in [0.2, 0.25) is 0 Å². The third-order valence-corrected chi connectivity index (χ3v) is 6.45. The fourth-order valence-corrected chi connectivity index (χ4v) is 4.66. The molecule has 1 fully saturated rings. The molecule has 0 aliphatic carbocycles. The molecule has 32 heavy (non-hydrogen) atoms. The fraction of sp³-hybridized carbons (Fsp3) is 0.500. The number of carbonyl (C=O) groups is 2. The van der Waals surface area contributed by atoms with Crippen LogP contribution in [0.15, 0.2) is 24.4 Å². The minimum Gasteiger partial charge on any atom is -0.408 e. The normalized spacial score (nSPS) is 18.5. The first-order valence-electron chi connectivity index (χ1n) is 11.4. The molecule has 4 heterocycles. The Kier molecular flexibility index (Phi) is 6.45. The van der Waals surface area contributed by atoms with E-state index in [0.717, 1.165) is 56.5 Å².